The van der Waals surface area contributed by atoms with Crippen molar-refractivity contribution in [2.45, 2.75) is 45.4 Å². The van der Waals surface area contributed by atoms with Crippen LogP contribution in [0.3, 0.4) is 0 Å². The third-order valence-electron chi connectivity index (χ3n) is 2.89. The van der Waals surface area contributed by atoms with Crippen molar-refractivity contribution in [1.29, 1.82) is 0 Å². The van der Waals surface area contributed by atoms with Gasteiger partial charge in [-0.2, -0.15) is 0 Å². The minimum absolute atomic E-state index is 0.0602. The van der Waals surface area contributed by atoms with Crippen molar-refractivity contribution in [2.24, 2.45) is 0 Å². The van der Waals surface area contributed by atoms with Gasteiger partial charge < -0.3 is 15.4 Å². The van der Waals surface area contributed by atoms with Crippen molar-refractivity contribution in [1.82, 2.24) is 10.6 Å². The summed E-state index contributed by atoms with van der Waals surface area (Å²) in [7, 11) is 0. The molecule has 2 N–H and O–H groups in total. The molecule has 0 bridgehead atoms. The van der Waals surface area contributed by atoms with E-state index in [4.69, 9.17) is 4.74 Å². The third kappa shape index (κ3) is 4.26. The first-order valence-corrected chi connectivity index (χ1v) is 6.89. The van der Waals surface area contributed by atoms with E-state index in [1.54, 1.807) is 0 Å². The molecular weight excluding hydrogens is 256 g/mol. The van der Waals surface area contributed by atoms with Gasteiger partial charge in [0.1, 0.15) is 5.75 Å². The number of nitrogens with one attached hydrogen (secondary N) is 2. The summed E-state index contributed by atoms with van der Waals surface area (Å²) in [6.07, 6.45) is 1.98. The van der Waals surface area contributed by atoms with Crippen molar-refractivity contribution in [3.63, 3.8) is 0 Å². The first-order valence-electron chi connectivity index (χ1n) is 6.89. The van der Waals surface area contributed by atoms with E-state index >= 15 is 0 Å². The molecule has 0 saturated heterocycles. The Labute approximate surface area is 118 Å². The molecule has 0 aromatic heterocycles. The average Bonchev–Trinajstić information content (AvgIpc) is 3.20. The van der Waals surface area contributed by atoms with E-state index in [1.807, 2.05) is 38.1 Å². The summed E-state index contributed by atoms with van der Waals surface area (Å²) in [5, 5.41) is 5.27. The van der Waals surface area contributed by atoms with Crippen LogP contribution in [-0.4, -0.2) is 24.0 Å². The van der Waals surface area contributed by atoms with Gasteiger partial charge in [-0.15, -0.1) is 0 Å². The number of amides is 2. The van der Waals surface area contributed by atoms with E-state index in [0.29, 0.717) is 0 Å². The highest BCUT2D eigenvalue weighted by molar-refractivity contribution is 6.35. The summed E-state index contributed by atoms with van der Waals surface area (Å²) in [5.74, 6) is -0.434. The molecule has 1 saturated carbocycles. The standard InChI is InChI=1S/C15H20N2O3/c1-10(2)20-13-6-4-3-5-11(13)9-16-14(18)15(19)17-12-7-8-12/h3-6,10,12H,7-9H2,1-2H3,(H,16,18)(H,17,19). The molecule has 2 amide bonds. The van der Waals surface area contributed by atoms with E-state index in [-0.39, 0.29) is 18.7 Å². The van der Waals surface area contributed by atoms with Crippen LogP contribution in [0, 0.1) is 0 Å². The van der Waals surface area contributed by atoms with Crippen LogP contribution in [0.2, 0.25) is 0 Å². The number of ether oxygens (including phenoxy) is 1. The molecule has 1 aromatic carbocycles. The first-order chi connectivity index (χ1) is 9.56. The maximum Gasteiger partial charge on any atom is 0.309 e. The number of hydrogen-bond donors (Lipinski definition) is 2. The van der Waals surface area contributed by atoms with Crippen LogP contribution in [0.25, 0.3) is 0 Å². The molecule has 0 radical (unpaired) electrons. The maximum absolute atomic E-state index is 11.6. The summed E-state index contributed by atoms with van der Waals surface area (Å²) < 4.78 is 5.66. The summed E-state index contributed by atoms with van der Waals surface area (Å²) in [4.78, 5) is 23.2. The van der Waals surface area contributed by atoms with Crippen LogP contribution in [0.4, 0.5) is 0 Å². The fraction of sp³-hybridized carbons (Fsp3) is 0.467. The largest absolute Gasteiger partial charge is 0.491 e. The SMILES string of the molecule is CC(C)Oc1ccccc1CNC(=O)C(=O)NC1CC1. The number of carbonyl (C=O) groups is 2. The van der Waals surface area contributed by atoms with Crippen LogP contribution in [0.1, 0.15) is 32.3 Å². The second kappa shape index (κ2) is 6.41. The van der Waals surface area contributed by atoms with Gasteiger partial charge in [0.05, 0.1) is 6.10 Å². The Morgan fingerprint density at radius 1 is 1.25 bits per heavy atom. The highest BCUT2D eigenvalue weighted by Crippen LogP contribution is 2.19. The molecular formula is C15H20N2O3. The third-order valence-corrected chi connectivity index (χ3v) is 2.89. The van der Waals surface area contributed by atoms with Crippen molar-refractivity contribution in [3.8, 4) is 5.75 Å². The maximum atomic E-state index is 11.6. The van der Waals surface area contributed by atoms with Crippen LogP contribution in [0.5, 0.6) is 5.75 Å². The molecule has 108 valence electrons. The molecule has 0 spiro atoms. The zero-order chi connectivity index (χ0) is 14.5. The molecule has 0 unspecified atom stereocenters. The highest BCUT2D eigenvalue weighted by Gasteiger charge is 2.26. The Bertz CT molecular complexity index is 496. The fourth-order valence-corrected chi connectivity index (χ4v) is 1.75. The molecule has 0 atom stereocenters. The van der Waals surface area contributed by atoms with Gasteiger partial charge in [-0.1, -0.05) is 18.2 Å². The van der Waals surface area contributed by atoms with Crippen LogP contribution < -0.4 is 15.4 Å². The lowest BCUT2D eigenvalue weighted by molar-refractivity contribution is -0.139. The van der Waals surface area contributed by atoms with Crippen molar-refractivity contribution < 1.29 is 14.3 Å². The van der Waals surface area contributed by atoms with Gasteiger partial charge in [0, 0.05) is 18.2 Å². The quantitative estimate of drug-likeness (QED) is 0.798. The Hall–Kier alpha value is -2.04. The van der Waals surface area contributed by atoms with E-state index in [2.05, 4.69) is 10.6 Å². The molecule has 20 heavy (non-hydrogen) atoms. The van der Waals surface area contributed by atoms with Gasteiger partial charge in [-0.05, 0) is 32.8 Å². The predicted molar refractivity (Wildman–Crippen MR) is 75.2 cm³/mol. The monoisotopic (exact) mass is 276 g/mol. The first kappa shape index (κ1) is 14.4. The lowest BCUT2D eigenvalue weighted by Gasteiger charge is -2.14. The minimum atomic E-state index is -0.601. The number of hydrogen-bond acceptors (Lipinski definition) is 3. The molecule has 1 fully saturated rings. The summed E-state index contributed by atoms with van der Waals surface area (Å²) in [5.41, 5.74) is 0.855. The summed E-state index contributed by atoms with van der Waals surface area (Å²) in [6, 6.07) is 7.66. The zero-order valence-electron chi connectivity index (χ0n) is 11.8. The number of carbonyl (C=O) groups excluding carboxylic acids is 2. The second-order valence-corrected chi connectivity index (χ2v) is 5.20. The lowest BCUT2D eigenvalue weighted by atomic mass is 10.2. The second-order valence-electron chi connectivity index (χ2n) is 5.20. The van der Waals surface area contributed by atoms with Gasteiger partial charge in [-0.25, -0.2) is 0 Å². The van der Waals surface area contributed by atoms with E-state index < -0.39 is 11.8 Å². The molecule has 1 aliphatic rings. The number of para-hydroxylation sites is 1. The lowest BCUT2D eigenvalue weighted by Crippen LogP contribution is -2.40. The number of rotatable bonds is 5. The van der Waals surface area contributed by atoms with Crippen molar-refractivity contribution in [3.05, 3.63) is 29.8 Å². The Kier molecular flexibility index (Phi) is 4.61. The van der Waals surface area contributed by atoms with Crippen molar-refractivity contribution >= 4 is 11.8 Å². The molecule has 0 heterocycles. The van der Waals surface area contributed by atoms with Gasteiger partial charge >= 0.3 is 11.8 Å². The molecule has 1 aliphatic carbocycles. The van der Waals surface area contributed by atoms with Gasteiger partial charge in [0.25, 0.3) is 0 Å². The predicted octanol–water partition coefficient (Wildman–Crippen LogP) is 1.37. The smallest absolute Gasteiger partial charge is 0.309 e. The fourth-order valence-electron chi connectivity index (χ4n) is 1.75. The summed E-state index contributed by atoms with van der Waals surface area (Å²) in [6.45, 7) is 4.16. The normalized spacial score (nSPS) is 13.9. The summed E-state index contributed by atoms with van der Waals surface area (Å²) >= 11 is 0. The average molecular weight is 276 g/mol. The molecule has 5 heteroatoms. The molecule has 0 aliphatic heterocycles. The molecule has 2 rings (SSSR count). The molecule has 5 nitrogen and oxygen atoms in total. The van der Waals surface area contributed by atoms with Crippen molar-refractivity contribution in [2.75, 3.05) is 0 Å². The van der Waals surface area contributed by atoms with Crippen LogP contribution in [-0.2, 0) is 16.1 Å². The van der Waals surface area contributed by atoms with Gasteiger partial charge in [-0.3, -0.25) is 9.59 Å². The Morgan fingerprint density at radius 2 is 1.95 bits per heavy atom. The van der Waals surface area contributed by atoms with Gasteiger partial charge in [0.15, 0.2) is 0 Å². The van der Waals surface area contributed by atoms with E-state index in [9.17, 15) is 9.59 Å². The minimum Gasteiger partial charge on any atom is -0.491 e. The Balaban J connectivity index is 1.89. The highest BCUT2D eigenvalue weighted by atomic mass is 16.5. The Morgan fingerprint density at radius 3 is 2.60 bits per heavy atom. The van der Waals surface area contributed by atoms with Gasteiger partial charge in [0.2, 0.25) is 0 Å². The molecule has 1 aromatic rings. The zero-order valence-corrected chi connectivity index (χ0v) is 11.8. The van der Waals surface area contributed by atoms with E-state index in [0.717, 1.165) is 24.2 Å². The van der Waals surface area contributed by atoms with E-state index in [1.165, 1.54) is 0 Å². The topological polar surface area (TPSA) is 67.4 Å². The van der Waals surface area contributed by atoms with Crippen LogP contribution in [0.15, 0.2) is 24.3 Å². The van der Waals surface area contributed by atoms with Crippen LogP contribution >= 0.6 is 0 Å². The number of benzene rings is 1.